The van der Waals surface area contributed by atoms with Gasteiger partial charge in [0.05, 0.1) is 5.41 Å². The van der Waals surface area contributed by atoms with Crippen LogP contribution in [0.4, 0.5) is 4.39 Å². The molecule has 0 heterocycles. The maximum atomic E-state index is 13.2. The van der Waals surface area contributed by atoms with Gasteiger partial charge in [0.1, 0.15) is 5.82 Å². The highest BCUT2D eigenvalue weighted by molar-refractivity contribution is 5.88. The Labute approximate surface area is 138 Å². The number of benzene rings is 1. The van der Waals surface area contributed by atoms with Crippen molar-refractivity contribution < 1.29 is 9.18 Å². The monoisotopic (exact) mass is 328 g/mol. The van der Waals surface area contributed by atoms with Crippen molar-refractivity contribution >= 4 is 18.3 Å². The Bertz CT molecular complexity index is 472. The third-order valence-electron chi connectivity index (χ3n) is 4.60. The van der Waals surface area contributed by atoms with Crippen LogP contribution in [0.3, 0.4) is 0 Å². The predicted octanol–water partition coefficient (Wildman–Crippen LogP) is 3.17. The van der Waals surface area contributed by atoms with Gasteiger partial charge in [-0.1, -0.05) is 31.4 Å². The Morgan fingerprint density at radius 1 is 1.23 bits per heavy atom. The van der Waals surface area contributed by atoms with E-state index in [4.69, 9.17) is 0 Å². The summed E-state index contributed by atoms with van der Waals surface area (Å²) in [4.78, 5) is 12.8. The van der Waals surface area contributed by atoms with Gasteiger partial charge in [-0.05, 0) is 44.5 Å². The molecule has 0 aromatic heterocycles. The minimum atomic E-state index is -0.487. The highest BCUT2D eigenvalue weighted by Gasteiger charge is 2.40. The maximum absolute atomic E-state index is 13.2. The van der Waals surface area contributed by atoms with Crippen LogP contribution in [0.5, 0.6) is 0 Å². The summed E-state index contributed by atoms with van der Waals surface area (Å²) in [5, 5.41) is 6.18. The van der Waals surface area contributed by atoms with Gasteiger partial charge in [-0.15, -0.1) is 12.4 Å². The Morgan fingerprint density at radius 2 is 1.82 bits per heavy atom. The van der Waals surface area contributed by atoms with Crippen LogP contribution in [0.15, 0.2) is 24.3 Å². The lowest BCUT2D eigenvalue weighted by Crippen LogP contribution is -2.48. The molecule has 1 unspecified atom stereocenters. The first kappa shape index (κ1) is 18.9. The minimum absolute atomic E-state index is 0. The average Bonchev–Trinajstić information content (AvgIpc) is 2.53. The van der Waals surface area contributed by atoms with Crippen LogP contribution in [0.25, 0.3) is 0 Å². The lowest BCUT2D eigenvalue weighted by Gasteiger charge is -2.36. The van der Waals surface area contributed by atoms with Crippen molar-refractivity contribution in [2.45, 2.75) is 50.5 Å². The molecule has 2 rings (SSSR count). The predicted molar refractivity (Wildman–Crippen MR) is 89.9 cm³/mol. The first-order valence-electron chi connectivity index (χ1n) is 7.80. The fourth-order valence-electron chi connectivity index (χ4n) is 3.09. The summed E-state index contributed by atoms with van der Waals surface area (Å²) in [6.45, 7) is 2.64. The molecule has 1 fully saturated rings. The number of carbonyl (C=O) groups is 1. The van der Waals surface area contributed by atoms with Crippen LogP contribution >= 0.6 is 12.4 Å². The average molecular weight is 329 g/mol. The van der Waals surface area contributed by atoms with E-state index in [1.165, 1.54) is 18.6 Å². The van der Waals surface area contributed by atoms with Crippen molar-refractivity contribution in [3.05, 3.63) is 35.6 Å². The van der Waals surface area contributed by atoms with Crippen LogP contribution in [0.1, 0.15) is 44.6 Å². The summed E-state index contributed by atoms with van der Waals surface area (Å²) in [5.41, 5.74) is 0.456. The summed E-state index contributed by atoms with van der Waals surface area (Å²) < 4.78 is 13.2. The Morgan fingerprint density at radius 3 is 2.36 bits per heavy atom. The second-order valence-corrected chi connectivity index (χ2v) is 6.05. The molecule has 0 radical (unpaired) electrons. The van der Waals surface area contributed by atoms with E-state index in [2.05, 4.69) is 10.6 Å². The molecular formula is C17H26ClFN2O. The fourth-order valence-corrected chi connectivity index (χ4v) is 3.09. The lowest BCUT2D eigenvalue weighted by molar-refractivity contribution is -0.128. The third-order valence-corrected chi connectivity index (χ3v) is 4.60. The minimum Gasteiger partial charge on any atom is -0.354 e. The van der Waals surface area contributed by atoms with E-state index in [-0.39, 0.29) is 30.2 Å². The quantitative estimate of drug-likeness (QED) is 0.871. The number of amides is 1. The maximum Gasteiger partial charge on any atom is 0.230 e. The summed E-state index contributed by atoms with van der Waals surface area (Å²) in [7, 11) is 1.88. The van der Waals surface area contributed by atoms with Crippen molar-refractivity contribution in [2.75, 3.05) is 13.6 Å². The zero-order chi connectivity index (χ0) is 15.3. The molecule has 1 aromatic rings. The zero-order valence-corrected chi connectivity index (χ0v) is 14.1. The highest BCUT2D eigenvalue weighted by atomic mass is 35.5. The molecule has 1 aliphatic carbocycles. The summed E-state index contributed by atoms with van der Waals surface area (Å²) in [5.74, 6) is -0.176. The molecule has 0 saturated heterocycles. The van der Waals surface area contributed by atoms with Crippen LogP contribution in [-0.4, -0.2) is 25.5 Å². The Balaban J connectivity index is 0.00000242. The molecule has 2 N–H and O–H groups in total. The number of carbonyl (C=O) groups excluding carboxylic acids is 1. The lowest BCUT2D eigenvalue weighted by atomic mass is 9.68. The molecule has 1 atom stereocenters. The van der Waals surface area contributed by atoms with Crippen molar-refractivity contribution in [1.82, 2.24) is 10.6 Å². The Kier molecular flexibility index (Phi) is 7.30. The van der Waals surface area contributed by atoms with Gasteiger partial charge in [0.2, 0.25) is 5.91 Å². The van der Waals surface area contributed by atoms with Crippen molar-refractivity contribution in [3.63, 3.8) is 0 Å². The molecule has 0 aliphatic heterocycles. The number of hydrogen-bond acceptors (Lipinski definition) is 2. The molecule has 0 bridgehead atoms. The molecule has 22 heavy (non-hydrogen) atoms. The smallest absolute Gasteiger partial charge is 0.230 e. The SMILES string of the molecule is CNC(C)CNC(=O)C1(c2ccc(F)cc2)CCCCC1.Cl. The van der Waals surface area contributed by atoms with Gasteiger partial charge >= 0.3 is 0 Å². The van der Waals surface area contributed by atoms with Gasteiger partial charge in [-0.2, -0.15) is 0 Å². The van der Waals surface area contributed by atoms with Crippen molar-refractivity contribution in [2.24, 2.45) is 0 Å². The summed E-state index contributed by atoms with van der Waals surface area (Å²) in [6.07, 6.45) is 4.96. The zero-order valence-electron chi connectivity index (χ0n) is 13.3. The molecule has 5 heteroatoms. The number of likely N-dealkylation sites (N-methyl/N-ethyl adjacent to an activating group) is 1. The van der Waals surface area contributed by atoms with Crippen molar-refractivity contribution in [3.8, 4) is 0 Å². The molecule has 1 aromatic carbocycles. The molecule has 1 aliphatic rings. The summed E-state index contributed by atoms with van der Waals surface area (Å²) in [6, 6.07) is 6.68. The summed E-state index contributed by atoms with van der Waals surface area (Å²) >= 11 is 0. The van der Waals surface area contributed by atoms with Crippen LogP contribution < -0.4 is 10.6 Å². The number of halogens is 2. The molecule has 0 spiro atoms. The second-order valence-electron chi connectivity index (χ2n) is 6.05. The van der Waals surface area contributed by atoms with Crippen molar-refractivity contribution in [1.29, 1.82) is 0 Å². The number of nitrogens with one attached hydrogen (secondary N) is 2. The first-order valence-corrected chi connectivity index (χ1v) is 7.80. The van der Waals surface area contributed by atoms with Gasteiger partial charge in [0.15, 0.2) is 0 Å². The molecule has 1 saturated carbocycles. The van der Waals surface area contributed by atoms with Gasteiger partial charge in [-0.3, -0.25) is 4.79 Å². The number of rotatable bonds is 5. The largest absolute Gasteiger partial charge is 0.354 e. The van der Waals surface area contributed by atoms with Crippen LogP contribution in [0.2, 0.25) is 0 Å². The van der Waals surface area contributed by atoms with E-state index in [1.54, 1.807) is 12.1 Å². The standard InChI is InChI=1S/C17H25FN2O.ClH/c1-13(19-2)12-20-16(21)17(10-4-3-5-11-17)14-6-8-15(18)9-7-14;/h6-9,13,19H,3-5,10-12H2,1-2H3,(H,20,21);1H. The first-order chi connectivity index (χ1) is 10.1. The van der Waals surface area contributed by atoms with Gasteiger partial charge in [-0.25, -0.2) is 4.39 Å². The fraction of sp³-hybridized carbons (Fsp3) is 0.588. The van der Waals surface area contributed by atoms with Crippen LogP contribution in [0, 0.1) is 5.82 Å². The van der Waals surface area contributed by atoms with Gasteiger partial charge in [0, 0.05) is 12.6 Å². The van der Waals surface area contributed by atoms with E-state index in [0.717, 1.165) is 31.2 Å². The molecular weight excluding hydrogens is 303 g/mol. The van der Waals surface area contributed by atoms with E-state index >= 15 is 0 Å². The topological polar surface area (TPSA) is 41.1 Å². The third kappa shape index (κ3) is 4.20. The van der Waals surface area contributed by atoms with E-state index < -0.39 is 5.41 Å². The van der Waals surface area contributed by atoms with Gasteiger partial charge in [0.25, 0.3) is 0 Å². The van der Waals surface area contributed by atoms with Crippen LogP contribution in [-0.2, 0) is 10.2 Å². The Hall–Kier alpha value is -1.13. The normalized spacial score (nSPS) is 18.1. The highest BCUT2D eigenvalue weighted by Crippen LogP contribution is 2.39. The molecule has 124 valence electrons. The molecule has 3 nitrogen and oxygen atoms in total. The number of hydrogen-bond donors (Lipinski definition) is 2. The van der Waals surface area contributed by atoms with E-state index in [0.29, 0.717) is 6.54 Å². The molecule has 1 amide bonds. The van der Waals surface area contributed by atoms with E-state index in [1.807, 2.05) is 14.0 Å². The second kappa shape index (κ2) is 8.49. The van der Waals surface area contributed by atoms with Gasteiger partial charge < -0.3 is 10.6 Å². The van der Waals surface area contributed by atoms with E-state index in [9.17, 15) is 9.18 Å².